The topological polar surface area (TPSA) is 56.5 Å². The summed E-state index contributed by atoms with van der Waals surface area (Å²) >= 11 is 0. The Morgan fingerprint density at radius 1 is 1.62 bits per heavy atom. The molecule has 0 atom stereocenters. The zero-order valence-electron chi connectivity index (χ0n) is 6.86. The number of hydrogen-bond donors (Lipinski definition) is 0. The molecule has 0 spiro atoms. The number of carbonyl (C=O) groups is 2. The number of ether oxygens (including phenoxy) is 1. The fourth-order valence-electron chi connectivity index (χ4n) is 0.732. The molecule has 1 aromatic rings. The van der Waals surface area contributed by atoms with Gasteiger partial charge in [0.05, 0.1) is 0 Å². The summed E-state index contributed by atoms with van der Waals surface area (Å²) in [5, 5.41) is 0. The van der Waals surface area contributed by atoms with Crippen LogP contribution in [-0.2, 0) is 4.74 Å². The lowest BCUT2D eigenvalue weighted by molar-refractivity contribution is 0.0512. The molecule has 1 heterocycles. The van der Waals surface area contributed by atoms with Crippen molar-refractivity contribution in [1.29, 1.82) is 0 Å². The number of rotatable bonds is 4. The molecule has 0 aliphatic carbocycles. The van der Waals surface area contributed by atoms with Crippen LogP contribution in [0.3, 0.4) is 0 Å². The van der Waals surface area contributed by atoms with Gasteiger partial charge in [-0.05, 0) is 12.1 Å². The number of aldehydes is 1. The predicted octanol–water partition coefficient (Wildman–Crippen LogP) is 1.43. The van der Waals surface area contributed by atoms with Crippen LogP contribution >= 0.6 is 0 Å². The summed E-state index contributed by atoms with van der Waals surface area (Å²) in [6, 6.07) is 2.78. The van der Waals surface area contributed by atoms with E-state index in [-0.39, 0.29) is 18.1 Å². The third-order valence-corrected chi connectivity index (χ3v) is 1.28. The minimum Gasteiger partial charge on any atom is -0.456 e. The van der Waals surface area contributed by atoms with Crippen LogP contribution in [0.4, 0.5) is 0 Å². The quantitative estimate of drug-likeness (QED) is 0.399. The highest BCUT2D eigenvalue weighted by molar-refractivity contribution is 5.87. The van der Waals surface area contributed by atoms with Crippen LogP contribution < -0.4 is 0 Å². The van der Waals surface area contributed by atoms with Gasteiger partial charge >= 0.3 is 5.97 Å². The van der Waals surface area contributed by atoms with Crippen LogP contribution in [0.1, 0.15) is 21.1 Å². The van der Waals surface area contributed by atoms with Crippen molar-refractivity contribution in [3.63, 3.8) is 0 Å². The first-order valence-corrected chi connectivity index (χ1v) is 3.61. The Bertz CT molecular complexity index is 324. The predicted molar refractivity (Wildman–Crippen MR) is 44.6 cm³/mol. The highest BCUT2D eigenvalue weighted by atomic mass is 16.5. The van der Waals surface area contributed by atoms with E-state index in [1.54, 1.807) is 0 Å². The average Bonchev–Trinajstić information content (AvgIpc) is 2.62. The van der Waals surface area contributed by atoms with Crippen LogP contribution in [0.25, 0.3) is 0 Å². The van der Waals surface area contributed by atoms with Crippen molar-refractivity contribution >= 4 is 12.3 Å². The first kappa shape index (κ1) is 9.25. The summed E-state index contributed by atoms with van der Waals surface area (Å²) < 4.78 is 9.48. The minimum atomic E-state index is -0.604. The fraction of sp³-hybridized carbons (Fsp3) is 0.111. The number of esters is 1. The van der Waals surface area contributed by atoms with Gasteiger partial charge in [-0.25, -0.2) is 4.79 Å². The molecule has 0 aliphatic rings. The Hall–Kier alpha value is -1.84. The van der Waals surface area contributed by atoms with E-state index in [0.717, 1.165) is 0 Å². The lowest BCUT2D eigenvalue weighted by atomic mass is 10.4. The second-order valence-corrected chi connectivity index (χ2v) is 2.21. The van der Waals surface area contributed by atoms with Gasteiger partial charge in [0.1, 0.15) is 6.61 Å². The van der Waals surface area contributed by atoms with E-state index in [4.69, 9.17) is 4.42 Å². The van der Waals surface area contributed by atoms with Gasteiger partial charge in [-0.2, -0.15) is 0 Å². The van der Waals surface area contributed by atoms with E-state index >= 15 is 0 Å². The maximum atomic E-state index is 11.1. The lowest BCUT2D eigenvalue weighted by Crippen LogP contribution is -2.03. The molecule has 0 saturated heterocycles. The molecule has 0 N–H and O–H groups in total. The lowest BCUT2D eigenvalue weighted by Gasteiger charge is -1.96. The molecule has 4 heteroatoms. The zero-order chi connectivity index (χ0) is 9.68. The highest BCUT2D eigenvalue weighted by Crippen LogP contribution is 2.06. The third kappa shape index (κ3) is 2.30. The van der Waals surface area contributed by atoms with E-state index in [1.807, 2.05) is 0 Å². The molecule has 0 aromatic carbocycles. The van der Waals surface area contributed by atoms with Gasteiger partial charge in [-0.1, -0.05) is 12.7 Å². The molecule has 0 amide bonds. The Kier molecular flexibility index (Phi) is 3.03. The summed E-state index contributed by atoms with van der Waals surface area (Å²) in [4.78, 5) is 21.2. The van der Waals surface area contributed by atoms with Crippen LogP contribution in [0, 0.1) is 0 Å². The largest absolute Gasteiger partial charge is 0.456 e. The average molecular weight is 180 g/mol. The van der Waals surface area contributed by atoms with E-state index in [0.29, 0.717) is 6.29 Å². The fourth-order valence-corrected chi connectivity index (χ4v) is 0.732. The monoisotopic (exact) mass is 180 g/mol. The van der Waals surface area contributed by atoms with E-state index in [2.05, 4.69) is 11.3 Å². The van der Waals surface area contributed by atoms with Gasteiger partial charge in [0.25, 0.3) is 0 Å². The molecule has 0 unspecified atom stereocenters. The summed E-state index contributed by atoms with van der Waals surface area (Å²) in [5.41, 5.74) is 0. The molecule has 13 heavy (non-hydrogen) atoms. The molecule has 0 fully saturated rings. The van der Waals surface area contributed by atoms with Gasteiger partial charge in [-0.3, -0.25) is 4.79 Å². The zero-order valence-corrected chi connectivity index (χ0v) is 6.86. The van der Waals surface area contributed by atoms with Crippen molar-refractivity contribution in [2.24, 2.45) is 0 Å². The number of furan rings is 1. The second-order valence-electron chi connectivity index (χ2n) is 2.21. The molecule has 0 saturated carbocycles. The van der Waals surface area contributed by atoms with E-state index in [9.17, 15) is 9.59 Å². The first-order chi connectivity index (χ1) is 6.27. The Morgan fingerprint density at radius 3 is 2.92 bits per heavy atom. The summed E-state index contributed by atoms with van der Waals surface area (Å²) in [5.74, 6) is -0.484. The summed E-state index contributed by atoms with van der Waals surface area (Å²) in [7, 11) is 0. The van der Waals surface area contributed by atoms with Crippen molar-refractivity contribution in [3.05, 3.63) is 36.3 Å². The van der Waals surface area contributed by atoms with Crippen LogP contribution in [0.5, 0.6) is 0 Å². The summed E-state index contributed by atoms with van der Waals surface area (Å²) in [6.07, 6.45) is 1.96. The minimum absolute atomic E-state index is 0.0175. The molecular formula is C9H8O4. The van der Waals surface area contributed by atoms with Crippen LogP contribution in [-0.4, -0.2) is 18.9 Å². The standard InChI is InChI=1S/C9H8O4/c1-2-5-12-9(11)8-4-3-7(6-10)13-8/h2-4,6H,1,5H2. The van der Waals surface area contributed by atoms with E-state index in [1.165, 1.54) is 18.2 Å². The molecule has 0 radical (unpaired) electrons. The Labute approximate surface area is 74.8 Å². The van der Waals surface area contributed by atoms with Crippen molar-refractivity contribution in [3.8, 4) is 0 Å². The molecule has 0 aliphatic heterocycles. The van der Waals surface area contributed by atoms with Crippen LogP contribution in [0.2, 0.25) is 0 Å². The van der Waals surface area contributed by atoms with Crippen molar-refractivity contribution < 1.29 is 18.7 Å². The highest BCUT2D eigenvalue weighted by Gasteiger charge is 2.11. The Morgan fingerprint density at radius 2 is 2.38 bits per heavy atom. The smallest absolute Gasteiger partial charge is 0.374 e. The molecule has 0 bridgehead atoms. The van der Waals surface area contributed by atoms with Gasteiger partial charge < -0.3 is 9.15 Å². The SMILES string of the molecule is C=CCOC(=O)c1ccc(C=O)o1. The van der Waals surface area contributed by atoms with Gasteiger partial charge in [0, 0.05) is 0 Å². The van der Waals surface area contributed by atoms with Crippen molar-refractivity contribution in [2.75, 3.05) is 6.61 Å². The van der Waals surface area contributed by atoms with Gasteiger partial charge in [0.2, 0.25) is 5.76 Å². The first-order valence-electron chi connectivity index (χ1n) is 3.61. The normalized spacial score (nSPS) is 9.23. The maximum absolute atomic E-state index is 11.1. The molecule has 1 aromatic heterocycles. The summed E-state index contributed by atoms with van der Waals surface area (Å²) in [6.45, 7) is 3.50. The van der Waals surface area contributed by atoms with Gasteiger partial charge in [-0.15, -0.1) is 0 Å². The molecule has 68 valence electrons. The molecule has 4 nitrogen and oxygen atoms in total. The number of hydrogen-bond acceptors (Lipinski definition) is 4. The second kappa shape index (κ2) is 4.25. The van der Waals surface area contributed by atoms with Crippen molar-refractivity contribution in [2.45, 2.75) is 0 Å². The van der Waals surface area contributed by atoms with E-state index < -0.39 is 5.97 Å². The van der Waals surface area contributed by atoms with Gasteiger partial charge in [0.15, 0.2) is 12.0 Å². The molecule has 1 rings (SSSR count). The van der Waals surface area contributed by atoms with Crippen LogP contribution in [0.15, 0.2) is 29.2 Å². The Balaban J connectivity index is 2.65. The number of carbonyl (C=O) groups excluding carboxylic acids is 2. The molecular weight excluding hydrogens is 172 g/mol. The van der Waals surface area contributed by atoms with Crippen molar-refractivity contribution in [1.82, 2.24) is 0 Å². The third-order valence-electron chi connectivity index (χ3n) is 1.28. The maximum Gasteiger partial charge on any atom is 0.374 e.